The molecule has 0 radical (unpaired) electrons. The maximum atomic E-state index is 12.2. The minimum absolute atomic E-state index is 0.0219. The van der Waals surface area contributed by atoms with Crippen LogP contribution in [-0.2, 0) is 0 Å². The van der Waals surface area contributed by atoms with Crippen molar-refractivity contribution in [3.05, 3.63) is 29.8 Å². The number of hydrogen-bond acceptors (Lipinski definition) is 2. The van der Waals surface area contributed by atoms with Crippen LogP contribution >= 0.6 is 0 Å². The maximum Gasteiger partial charge on any atom is 0.251 e. The van der Waals surface area contributed by atoms with Crippen molar-refractivity contribution in [1.82, 2.24) is 5.32 Å². The summed E-state index contributed by atoms with van der Waals surface area (Å²) in [5.74, 6) is 2.04. The van der Waals surface area contributed by atoms with Crippen LogP contribution in [-0.4, -0.2) is 19.1 Å². The quantitative estimate of drug-likeness (QED) is 0.907. The van der Waals surface area contributed by atoms with Gasteiger partial charge in [0.05, 0.1) is 7.11 Å². The van der Waals surface area contributed by atoms with E-state index in [1.54, 1.807) is 7.11 Å². The van der Waals surface area contributed by atoms with E-state index in [4.69, 9.17) is 4.74 Å². The molecule has 0 saturated heterocycles. The first-order chi connectivity index (χ1) is 9.11. The van der Waals surface area contributed by atoms with E-state index in [0.717, 1.165) is 12.2 Å². The Labute approximate surface area is 115 Å². The van der Waals surface area contributed by atoms with Crippen LogP contribution < -0.4 is 10.1 Å². The highest BCUT2D eigenvalue weighted by Gasteiger charge is 2.28. The van der Waals surface area contributed by atoms with Gasteiger partial charge in [0, 0.05) is 11.6 Å². The van der Waals surface area contributed by atoms with Crippen molar-refractivity contribution in [2.45, 2.75) is 39.2 Å². The number of methoxy groups -OCH3 is 1. The van der Waals surface area contributed by atoms with Gasteiger partial charge in [0.2, 0.25) is 0 Å². The molecule has 1 aliphatic rings. The molecule has 1 aromatic carbocycles. The number of rotatable bonds is 3. The van der Waals surface area contributed by atoms with E-state index in [9.17, 15) is 4.79 Å². The predicted octanol–water partition coefficient (Wildman–Crippen LogP) is 3.25. The van der Waals surface area contributed by atoms with E-state index in [0.29, 0.717) is 23.4 Å². The number of nitrogens with one attached hydrogen (secondary N) is 1. The van der Waals surface area contributed by atoms with E-state index in [1.807, 2.05) is 24.3 Å². The zero-order valence-electron chi connectivity index (χ0n) is 12.0. The fourth-order valence-corrected chi connectivity index (χ4v) is 2.78. The maximum absolute atomic E-state index is 12.2. The Morgan fingerprint density at radius 1 is 1.21 bits per heavy atom. The van der Waals surface area contributed by atoms with Crippen LogP contribution in [0.4, 0.5) is 0 Å². The molecule has 0 aliphatic heterocycles. The lowest BCUT2D eigenvalue weighted by molar-refractivity contribution is 0.0891. The molecule has 1 N–H and O–H groups in total. The zero-order valence-corrected chi connectivity index (χ0v) is 12.0. The normalized spacial score (nSPS) is 26.8. The Balaban J connectivity index is 1.99. The molecule has 1 amide bonds. The van der Waals surface area contributed by atoms with E-state index < -0.39 is 0 Å². The van der Waals surface area contributed by atoms with Crippen molar-refractivity contribution in [3.8, 4) is 5.75 Å². The molecule has 1 fully saturated rings. The molecule has 0 spiro atoms. The second-order valence-electron chi connectivity index (χ2n) is 5.58. The van der Waals surface area contributed by atoms with Gasteiger partial charge in [-0.1, -0.05) is 26.7 Å². The average Bonchev–Trinajstić information content (AvgIpc) is 2.44. The summed E-state index contributed by atoms with van der Waals surface area (Å²) in [6, 6.07) is 7.57. The number of ether oxygens (including phenoxy) is 1. The molecule has 19 heavy (non-hydrogen) atoms. The SMILES string of the molecule is COc1ccc(C(=O)N[C@H]2CCC[C@@H](C)[C@H]2C)cc1. The molecule has 0 heterocycles. The molecule has 1 aliphatic carbocycles. The van der Waals surface area contributed by atoms with Gasteiger partial charge in [0.15, 0.2) is 0 Å². The summed E-state index contributed by atoms with van der Waals surface area (Å²) in [6.07, 6.45) is 3.57. The van der Waals surface area contributed by atoms with Gasteiger partial charge in [-0.05, 0) is 42.5 Å². The summed E-state index contributed by atoms with van der Waals surface area (Å²) in [7, 11) is 1.63. The van der Waals surface area contributed by atoms with Crippen molar-refractivity contribution in [3.63, 3.8) is 0 Å². The Morgan fingerprint density at radius 2 is 1.89 bits per heavy atom. The lowest BCUT2D eigenvalue weighted by Gasteiger charge is -2.34. The van der Waals surface area contributed by atoms with E-state index in [2.05, 4.69) is 19.2 Å². The van der Waals surface area contributed by atoms with Crippen molar-refractivity contribution in [2.75, 3.05) is 7.11 Å². The summed E-state index contributed by atoms with van der Waals surface area (Å²) in [4.78, 5) is 12.2. The van der Waals surface area contributed by atoms with Crippen molar-refractivity contribution < 1.29 is 9.53 Å². The Hall–Kier alpha value is -1.51. The fourth-order valence-electron chi connectivity index (χ4n) is 2.78. The first kappa shape index (κ1) is 13.9. The number of hydrogen-bond donors (Lipinski definition) is 1. The monoisotopic (exact) mass is 261 g/mol. The van der Waals surface area contributed by atoms with Gasteiger partial charge in [-0.2, -0.15) is 0 Å². The average molecular weight is 261 g/mol. The van der Waals surface area contributed by atoms with Crippen molar-refractivity contribution in [2.24, 2.45) is 11.8 Å². The molecule has 0 aromatic heterocycles. The van der Waals surface area contributed by atoms with Crippen LogP contribution in [0.5, 0.6) is 5.75 Å². The molecule has 3 nitrogen and oxygen atoms in total. The van der Waals surface area contributed by atoms with Gasteiger partial charge in [0.1, 0.15) is 5.75 Å². The van der Waals surface area contributed by atoms with Crippen LogP contribution in [0, 0.1) is 11.8 Å². The second-order valence-corrected chi connectivity index (χ2v) is 5.58. The third-order valence-electron chi connectivity index (χ3n) is 4.38. The molecule has 3 heteroatoms. The zero-order chi connectivity index (χ0) is 13.8. The van der Waals surface area contributed by atoms with Crippen LogP contribution in [0.1, 0.15) is 43.5 Å². The molecular formula is C16H23NO2. The van der Waals surface area contributed by atoms with E-state index in [1.165, 1.54) is 12.8 Å². The Bertz CT molecular complexity index is 427. The van der Waals surface area contributed by atoms with Crippen molar-refractivity contribution >= 4 is 5.91 Å². The summed E-state index contributed by atoms with van der Waals surface area (Å²) in [6.45, 7) is 4.51. The molecular weight excluding hydrogens is 238 g/mol. The smallest absolute Gasteiger partial charge is 0.251 e. The van der Waals surface area contributed by atoms with E-state index >= 15 is 0 Å². The lowest BCUT2D eigenvalue weighted by atomic mass is 9.78. The van der Waals surface area contributed by atoms with Gasteiger partial charge in [-0.3, -0.25) is 4.79 Å². The van der Waals surface area contributed by atoms with Gasteiger partial charge in [-0.15, -0.1) is 0 Å². The number of carbonyl (C=O) groups is 1. The van der Waals surface area contributed by atoms with Gasteiger partial charge in [0.25, 0.3) is 5.91 Å². The Kier molecular flexibility index (Phi) is 4.46. The topological polar surface area (TPSA) is 38.3 Å². The molecule has 0 unspecified atom stereocenters. The summed E-state index contributed by atoms with van der Waals surface area (Å²) >= 11 is 0. The van der Waals surface area contributed by atoms with Crippen LogP contribution in [0.3, 0.4) is 0 Å². The van der Waals surface area contributed by atoms with Crippen molar-refractivity contribution in [1.29, 1.82) is 0 Å². The third kappa shape index (κ3) is 3.28. The highest BCUT2D eigenvalue weighted by Crippen LogP contribution is 2.29. The fraction of sp³-hybridized carbons (Fsp3) is 0.562. The predicted molar refractivity (Wildman–Crippen MR) is 76.4 cm³/mol. The number of amides is 1. The molecule has 104 valence electrons. The molecule has 1 aromatic rings. The lowest BCUT2D eigenvalue weighted by Crippen LogP contribution is -2.43. The minimum atomic E-state index is 0.0219. The molecule has 1 saturated carbocycles. The summed E-state index contributed by atoms with van der Waals surface area (Å²) in [5, 5.41) is 3.17. The minimum Gasteiger partial charge on any atom is -0.497 e. The first-order valence-electron chi connectivity index (χ1n) is 7.06. The summed E-state index contributed by atoms with van der Waals surface area (Å²) in [5.41, 5.74) is 0.700. The highest BCUT2D eigenvalue weighted by molar-refractivity contribution is 5.94. The van der Waals surface area contributed by atoms with Crippen LogP contribution in [0.15, 0.2) is 24.3 Å². The van der Waals surface area contributed by atoms with Gasteiger partial charge >= 0.3 is 0 Å². The van der Waals surface area contributed by atoms with Crippen LogP contribution in [0.25, 0.3) is 0 Å². The van der Waals surface area contributed by atoms with Gasteiger partial charge < -0.3 is 10.1 Å². The third-order valence-corrected chi connectivity index (χ3v) is 4.38. The standard InChI is InChI=1S/C16H23NO2/c1-11-5-4-6-15(12(11)2)17-16(18)13-7-9-14(19-3)10-8-13/h7-12,15H,4-6H2,1-3H3,(H,17,18)/t11-,12-,15+/m1/s1. The molecule has 3 atom stereocenters. The largest absolute Gasteiger partial charge is 0.497 e. The number of benzene rings is 1. The Morgan fingerprint density at radius 3 is 2.53 bits per heavy atom. The summed E-state index contributed by atoms with van der Waals surface area (Å²) < 4.78 is 5.10. The highest BCUT2D eigenvalue weighted by atomic mass is 16.5. The first-order valence-corrected chi connectivity index (χ1v) is 7.06. The second kappa shape index (κ2) is 6.09. The van der Waals surface area contributed by atoms with Gasteiger partial charge in [-0.25, -0.2) is 0 Å². The number of carbonyl (C=O) groups excluding carboxylic acids is 1. The molecule has 2 rings (SSSR count). The van der Waals surface area contributed by atoms with E-state index in [-0.39, 0.29) is 5.91 Å². The molecule has 0 bridgehead atoms. The van der Waals surface area contributed by atoms with Crippen LogP contribution in [0.2, 0.25) is 0 Å².